The van der Waals surface area contributed by atoms with Crippen LogP contribution in [0.25, 0.3) is 11.0 Å². The maximum atomic E-state index is 12.3. The van der Waals surface area contributed by atoms with Crippen LogP contribution in [0.5, 0.6) is 5.75 Å². The maximum Gasteiger partial charge on any atom is 0.224 e. The monoisotopic (exact) mass is 335 g/mol. The number of fused-ring (bicyclic) bond motifs is 2. The zero-order valence-electron chi connectivity index (χ0n) is 14.2. The van der Waals surface area contributed by atoms with Crippen LogP contribution in [0.4, 0.5) is 0 Å². The second-order valence-electron chi connectivity index (χ2n) is 6.64. The topological polar surface area (TPSA) is 67.0 Å². The molecule has 2 N–H and O–H groups in total. The molecule has 4 rings (SSSR count). The first kappa shape index (κ1) is 15.7. The van der Waals surface area contributed by atoms with Crippen molar-refractivity contribution in [1.29, 1.82) is 0 Å². The number of ether oxygens (including phenoxy) is 1. The highest BCUT2D eigenvalue weighted by Crippen LogP contribution is 2.26. The van der Waals surface area contributed by atoms with Gasteiger partial charge in [-0.05, 0) is 42.7 Å². The molecule has 0 bridgehead atoms. The van der Waals surface area contributed by atoms with Crippen molar-refractivity contribution in [2.24, 2.45) is 5.92 Å². The molecule has 0 spiro atoms. The van der Waals surface area contributed by atoms with Crippen LogP contribution in [0.15, 0.2) is 42.5 Å². The molecular weight excluding hydrogens is 314 g/mol. The molecular formula is C20H21N3O2. The number of nitrogens with one attached hydrogen (secondary N) is 2. The molecule has 1 amide bonds. The Labute approximate surface area is 146 Å². The lowest BCUT2D eigenvalue weighted by atomic mass is 9.96. The molecule has 0 radical (unpaired) electrons. The predicted molar refractivity (Wildman–Crippen MR) is 96.7 cm³/mol. The lowest BCUT2D eigenvalue weighted by Gasteiger charge is -2.25. The Hall–Kier alpha value is -2.82. The summed E-state index contributed by atoms with van der Waals surface area (Å²) in [5.74, 6) is 2.20. The number of H-pyrrole nitrogens is 1. The zero-order chi connectivity index (χ0) is 17.2. The van der Waals surface area contributed by atoms with Crippen molar-refractivity contribution >= 4 is 16.9 Å². The van der Waals surface area contributed by atoms with Gasteiger partial charge in [0.1, 0.15) is 11.6 Å². The minimum atomic E-state index is 0.0365. The van der Waals surface area contributed by atoms with Gasteiger partial charge in [-0.25, -0.2) is 4.98 Å². The van der Waals surface area contributed by atoms with Crippen molar-refractivity contribution in [2.45, 2.75) is 19.8 Å². The SMILES string of the molecule is Cc1nc2ccc(CC(=O)NC[C@@H]3COc4ccccc4C3)cc2[nH]1. The van der Waals surface area contributed by atoms with Crippen LogP contribution >= 0.6 is 0 Å². The molecule has 1 aliphatic heterocycles. The van der Waals surface area contributed by atoms with Crippen LogP contribution in [0.2, 0.25) is 0 Å². The van der Waals surface area contributed by atoms with E-state index in [-0.39, 0.29) is 5.91 Å². The Morgan fingerprint density at radius 1 is 1.32 bits per heavy atom. The second kappa shape index (κ2) is 6.59. The van der Waals surface area contributed by atoms with E-state index in [1.165, 1.54) is 5.56 Å². The highest BCUT2D eigenvalue weighted by molar-refractivity contribution is 5.81. The van der Waals surface area contributed by atoms with Crippen LogP contribution in [-0.4, -0.2) is 29.0 Å². The molecule has 2 aromatic carbocycles. The molecule has 5 heteroatoms. The van der Waals surface area contributed by atoms with Gasteiger partial charge in [0.05, 0.1) is 24.1 Å². The van der Waals surface area contributed by atoms with Gasteiger partial charge in [-0.15, -0.1) is 0 Å². The van der Waals surface area contributed by atoms with E-state index >= 15 is 0 Å². The number of carbonyl (C=O) groups is 1. The summed E-state index contributed by atoms with van der Waals surface area (Å²) in [6.45, 7) is 3.21. The fourth-order valence-electron chi connectivity index (χ4n) is 3.32. The van der Waals surface area contributed by atoms with Crippen LogP contribution < -0.4 is 10.1 Å². The van der Waals surface area contributed by atoms with Gasteiger partial charge in [0.2, 0.25) is 5.91 Å². The smallest absolute Gasteiger partial charge is 0.224 e. The van der Waals surface area contributed by atoms with Gasteiger partial charge in [0, 0.05) is 12.5 Å². The van der Waals surface area contributed by atoms with Gasteiger partial charge in [0.25, 0.3) is 0 Å². The standard InChI is InChI=1S/C20H21N3O2/c1-13-22-17-7-6-14(9-18(17)23-13)10-20(24)21-11-15-8-16-4-2-3-5-19(16)25-12-15/h2-7,9,15H,8,10-12H2,1H3,(H,21,24)(H,22,23)/t15-/m1/s1. The van der Waals surface area contributed by atoms with E-state index in [9.17, 15) is 4.79 Å². The van der Waals surface area contributed by atoms with Crippen molar-refractivity contribution in [2.75, 3.05) is 13.2 Å². The van der Waals surface area contributed by atoms with Gasteiger partial charge in [-0.2, -0.15) is 0 Å². The number of aromatic nitrogens is 2. The molecule has 5 nitrogen and oxygen atoms in total. The summed E-state index contributed by atoms with van der Waals surface area (Å²) in [6.07, 6.45) is 1.31. The number of nitrogens with zero attached hydrogens (tertiary/aromatic N) is 1. The van der Waals surface area contributed by atoms with Gasteiger partial charge in [0.15, 0.2) is 0 Å². The number of rotatable bonds is 4. The first-order valence-electron chi connectivity index (χ1n) is 8.60. The average Bonchev–Trinajstić information content (AvgIpc) is 2.99. The van der Waals surface area contributed by atoms with Crippen molar-refractivity contribution in [1.82, 2.24) is 15.3 Å². The number of aryl methyl sites for hydroxylation is 1. The first-order chi connectivity index (χ1) is 12.2. The predicted octanol–water partition coefficient (Wildman–Crippen LogP) is 2.78. The van der Waals surface area contributed by atoms with E-state index in [0.717, 1.165) is 34.6 Å². The Morgan fingerprint density at radius 3 is 3.12 bits per heavy atom. The van der Waals surface area contributed by atoms with E-state index < -0.39 is 0 Å². The summed E-state index contributed by atoms with van der Waals surface area (Å²) in [6, 6.07) is 14.0. The molecule has 128 valence electrons. The number of aromatic amines is 1. The third kappa shape index (κ3) is 3.50. The Bertz CT molecular complexity index is 916. The quantitative estimate of drug-likeness (QED) is 0.770. The van der Waals surface area contributed by atoms with Crippen molar-refractivity contribution in [3.05, 3.63) is 59.4 Å². The van der Waals surface area contributed by atoms with Gasteiger partial charge in [-0.1, -0.05) is 24.3 Å². The zero-order valence-corrected chi connectivity index (χ0v) is 14.2. The molecule has 1 atom stereocenters. The van der Waals surface area contributed by atoms with Gasteiger partial charge >= 0.3 is 0 Å². The van der Waals surface area contributed by atoms with E-state index in [1.807, 2.05) is 43.3 Å². The van der Waals surface area contributed by atoms with Crippen LogP contribution in [-0.2, 0) is 17.6 Å². The summed E-state index contributed by atoms with van der Waals surface area (Å²) in [5, 5.41) is 3.04. The maximum absolute atomic E-state index is 12.3. The lowest BCUT2D eigenvalue weighted by molar-refractivity contribution is -0.120. The highest BCUT2D eigenvalue weighted by atomic mass is 16.5. The van der Waals surface area contributed by atoms with Gasteiger partial charge in [-0.3, -0.25) is 4.79 Å². The molecule has 0 saturated heterocycles. The molecule has 0 saturated carbocycles. The van der Waals surface area contributed by atoms with E-state index in [2.05, 4.69) is 21.4 Å². The van der Waals surface area contributed by atoms with Crippen LogP contribution in [0.3, 0.4) is 0 Å². The molecule has 0 fully saturated rings. The lowest BCUT2D eigenvalue weighted by Crippen LogP contribution is -2.35. The molecule has 2 heterocycles. The number of hydrogen-bond acceptors (Lipinski definition) is 3. The first-order valence-corrected chi connectivity index (χ1v) is 8.60. The number of carbonyl (C=O) groups excluding carboxylic acids is 1. The van der Waals surface area contributed by atoms with E-state index in [0.29, 0.717) is 25.5 Å². The molecule has 0 unspecified atom stereocenters. The molecule has 1 aromatic heterocycles. The third-order valence-corrected chi connectivity index (χ3v) is 4.57. The minimum absolute atomic E-state index is 0.0365. The van der Waals surface area contributed by atoms with Crippen molar-refractivity contribution in [3.8, 4) is 5.75 Å². The van der Waals surface area contributed by atoms with Crippen molar-refractivity contribution in [3.63, 3.8) is 0 Å². The second-order valence-corrected chi connectivity index (χ2v) is 6.64. The van der Waals surface area contributed by atoms with Crippen molar-refractivity contribution < 1.29 is 9.53 Å². The van der Waals surface area contributed by atoms with Gasteiger partial charge < -0.3 is 15.0 Å². The van der Waals surface area contributed by atoms with E-state index in [1.54, 1.807) is 0 Å². The number of hydrogen-bond donors (Lipinski definition) is 2. The molecule has 3 aromatic rings. The summed E-state index contributed by atoms with van der Waals surface area (Å²) < 4.78 is 5.77. The number of para-hydroxylation sites is 1. The van der Waals surface area contributed by atoms with E-state index in [4.69, 9.17) is 4.74 Å². The molecule has 0 aliphatic carbocycles. The largest absolute Gasteiger partial charge is 0.493 e. The highest BCUT2D eigenvalue weighted by Gasteiger charge is 2.20. The summed E-state index contributed by atoms with van der Waals surface area (Å²) in [5.41, 5.74) is 4.10. The summed E-state index contributed by atoms with van der Waals surface area (Å²) in [7, 11) is 0. The Balaban J connectivity index is 1.33. The Kier molecular flexibility index (Phi) is 4.14. The number of imidazole rings is 1. The molecule has 1 aliphatic rings. The summed E-state index contributed by atoms with van der Waals surface area (Å²) in [4.78, 5) is 19.8. The fraction of sp³-hybridized carbons (Fsp3) is 0.300. The average molecular weight is 335 g/mol. The fourth-order valence-corrected chi connectivity index (χ4v) is 3.32. The minimum Gasteiger partial charge on any atom is -0.493 e. The molecule has 25 heavy (non-hydrogen) atoms. The normalized spacial score (nSPS) is 16.3. The van der Waals surface area contributed by atoms with Crippen LogP contribution in [0, 0.1) is 12.8 Å². The third-order valence-electron chi connectivity index (χ3n) is 4.57. The number of amides is 1. The Morgan fingerprint density at radius 2 is 2.20 bits per heavy atom. The number of benzene rings is 2. The van der Waals surface area contributed by atoms with Crippen LogP contribution in [0.1, 0.15) is 17.0 Å². The summed E-state index contributed by atoms with van der Waals surface area (Å²) >= 11 is 0.